The number of H-pyrrole nitrogens is 1. The monoisotopic (exact) mass is 320 g/mol. The van der Waals surface area contributed by atoms with Crippen LogP contribution in [0.25, 0.3) is 22.2 Å². The highest BCUT2D eigenvalue weighted by atomic mass is 16.5. The number of ether oxygens (including phenoxy) is 1. The zero-order valence-electron chi connectivity index (χ0n) is 13.2. The molecule has 5 nitrogen and oxygen atoms in total. The maximum atomic E-state index is 11.3. The molecule has 2 aromatic carbocycles. The van der Waals surface area contributed by atoms with Crippen LogP contribution in [-0.4, -0.2) is 16.8 Å². The highest BCUT2D eigenvalue weighted by Crippen LogP contribution is 2.25. The van der Waals surface area contributed by atoms with Crippen LogP contribution in [0.2, 0.25) is 0 Å². The van der Waals surface area contributed by atoms with Crippen LogP contribution in [0, 0.1) is 0 Å². The molecular weight excluding hydrogens is 304 g/mol. The lowest BCUT2D eigenvalue weighted by atomic mass is 10.1. The number of benzene rings is 2. The number of fused-ring (bicyclic) bond motifs is 1. The molecule has 0 fully saturated rings. The highest BCUT2D eigenvalue weighted by Gasteiger charge is 2.08. The van der Waals surface area contributed by atoms with Crippen molar-refractivity contribution in [2.24, 2.45) is 0 Å². The van der Waals surface area contributed by atoms with Crippen molar-refractivity contribution in [1.82, 2.24) is 9.72 Å². The van der Waals surface area contributed by atoms with Crippen molar-refractivity contribution < 1.29 is 9.26 Å². The normalized spacial score (nSPS) is 11.0. The molecule has 0 unspecified atom stereocenters. The van der Waals surface area contributed by atoms with Gasteiger partial charge in [0.25, 0.3) is 5.56 Å². The molecular formula is C19H16N2O3. The number of nitrogens with zero attached hydrogens (tertiary/aromatic N) is 1. The minimum atomic E-state index is -0.237. The van der Waals surface area contributed by atoms with Gasteiger partial charge in [0.15, 0.2) is 5.76 Å². The van der Waals surface area contributed by atoms with E-state index >= 15 is 0 Å². The Morgan fingerprint density at radius 2 is 1.92 bits per heavy atom. The van der Waals surface area contributed by atoms with Crippen LogP contribution in [0.15, 0.2) is 70.1 Å². The van der Waals surface area contributed by atoms with Gasteiger partial charge in [0, 0.05) is 23.8 Å². The standard InChI is InChI=1S/C19H16N2O3/c1-23-16-6-2-13(3-7-16)12-21-9-8-14-4-5-15(10-17(14)21)18-11-19(22)20-24-18/h2-11H,12H2,1H3,(H,20,22). The van der Waals surface area contributed by atoms with E-state index in [4.69, 9.17) is 9.26 Å². The fraction of sp³-hybridized carbons (Fsp3) is 0.105. The Morgan fingerprint density at radius 3 is 2.62 bits per heavy atom. The molecule has 5 heteroatoms. The Bertz CT molecular complexity index is 1040. The molecule has 4 rings (SSSR count). The molecule has 0 aliphatic rings. The maximum Gasteiger partial charge on any atom is 0.280 e. The summed E-state index contributed by atoms with van der Waals surface area (Å²) in [5.74, 6) is 1.39. The molecule has 0 amide bonds. The molecule has 0 aliphatic carbocycles. The molecule has 0 bridgehead atoms. The molecule has 1 N–H and O–H groups in total. The maximum absolute atomic E-state index is 11.3. The number of rotatable bonds is 4. The van der Waals surface area contributed by atoms with E-state index in [-0.39, 0.29) is 5.56 Å². The molecule has 0 spiro atoms. The second-order valence-electron chi connectivity index (χ2n) is 5.64. The van der Waals surface area contributed by atoms with Crippen LogP contribution in [0.1, 0.15) is 5.56 Å². The summed E-state index contributed by atoms with van der Waals surface area (Å²) in [4.78, 5) is 11.3. The predicted octanol–water partition coefficient (Wildman–Crippen LogP) is 3.65. The highest BCUT2D eigenvalue weighted by molar-refractivity contribution is 5.84. The molecule has 0 saturated carbocycles. The van der Waals surface area contributed by atoms with Crippen molar-refractivity contribution in [3.8, 4) is 17.1 Å². The summed E-state index contributed by atoms with van der Waals surface area (Å²) in [6.45, 7) is 0.758. The lowest BCUT2D eigenvalue weighted by Gasteiger charge is -2.07. The van der Waals surface area contributed by atoms with Crippen LogP contribution in [0.3, 0.4) is 0 Å². The first-order valence-corrected chi connectivity index (χ1v) is 7.64. The SMILES string of the molecule is COc1ccc(Cn2ccc3ccc(-c4cc(=O)[nH]o4)cc32)cc1. The summed E-state index contributed by atoms with van der Waals surface area (Å²) in [5.41, 5.74) is 2.91. The zero-order chi connectivity index (χ0) is 16.5. The predicted molar refractivity (Wildman–Crippen MR) is 92.4 cm³/mol. The van der Waals surface area contributed by atoms with Gasteiger partial charge in [-0.15, -0.1) is 0 Å². The molecule has 24 heavy (non-hydrogen) atoms. The number of methoxy groups -OCH3 is 1. The molecule has 2 heterocycles. The largest absolute Gasteiger partial charge is 0.497 e. The lowest BCUT2D eigenvalue weighted by molar-refractivity contribution is 0.414. The Kier molecular flexibility index (Phi) is 3.46. The lowest BCUT2D eigenvalue weighted by Crippen LogP contribution is -1.98. The third-order valence-corrected chi connectivity index (χ3v) is 4.09. The van der Waals surface area contributed by atoms with Crippen LogP contribution in [-0.2, 0) is 6.54 Å². The third kappa shape index (κ3) is 2.60. The number of aromatic nitrogens is 2. The molecule has 4 aromatic rings. The molecule has 0 saturated heterocycles. The van der Waals surface area contributed by atoms with Gasteiger partial charge in [-0.3, -0.25) is 4.79 Å². The second-order valence-corrected chi connectivity index (χ2v) is 5.64. The van der Waals surface area contributed by atoms with E-state index < -0.39 is 0 Å². The zero-order valence-corrected chi connectivity index (χ0v) is 13.2. The first kappa shape index (κ1) is 14.4. The fourth-order valence-corrected chi connectivity index (χ4v) is 2.83. The molecule has 0 atom stereocenters. The van der Waals surface area contributed by atoms with E-state index in [9.17, 15) is 4.79 Å². The van der Waals surface area contributed by atoms with E-state index in [1.54, 1.807) is 7.11 Å². The van der Waals surface area contributed by atoms with E-state index in [1.807, 2.05) is 30.3 Å². The number of hydrogen-bond acceptors (Lipinski definition) is 3. The van der Waals surface area contributed by atoms with Gasteiger partial charge in [0.2, 0.25) is 0 Å². The number of nitrogens with one attached hydrogen (secondary N) is 1. The second kappa shape index (κ2) is 5.77. The Hall–Kier alpha value is -3.21. The topological polar surface area (TPSA) is 60.2 Å². The summed E-state index contributed by atoms with van der Waals surface area (Å²) in [6, 6.07) is 17.6. The van der Waals surface area contributed by atoms with Crippen molar-refractivity contribution in [3.63, 3.8) is 0 Å². The smallest absolute Gasteiger partial charge is 0.280 e. The van der Waals surface area contributed by atoms with Gasteiger partial charge in [-0.2, -0.15) is 5.16 Å². The Balaban J connectivity index is 1.71. The third-order valence-electron chi connectivity index (χ3n) is 4.09. The van der Waals surface area contributed by atoms with Gasteiger partial charge in [-0.1, -0.05) is 24.3 Å². The quantitative estimate of drug-likeness (QED) is 0.624. The van der Waals surface area contributed by atoms with E-state index in [2.05, 4.69) is 34.1 Å². The van der Waals surface area contributed by atoms with Crippen LogP contribution in [0.5, 0.6) is 5.75 Å². The van der Waals surface area contributed by atoms with Crippen LogP contribution >= 0.6 is 0 Å². The van der Waals surface area contributed by atoms with Crippen molar-refractivity contribution >= 4 is 10.9 Å². The van der Waals surface area contributed by atoms with Crippen LogP contribution in [0.4, 0.5) is 0 Å². The summed E-state index contributed by atoms with van der Waals surface area (Å²) < 4.78 is 12.6. The summed E-state index contributed by atoms with van der Waals surface area (Å²) in [7, 11) is 1.66. The van der Waals surface area contributed by atoms with Gasteiger partial charge in [-0.05, 0) is 35.2 Å². The van der Waals surface area contributed by atoms with E-state index in [0.29, 0.717) is 5.76 Å². The number of aromatic amines is 1. The Morgan fingerprint density at radius 1 is 1.08 bits per heavy atom. The molecule has 120 valence electrons. The average molecular weight is 320 g/mol. The van der Waals surface area contributed by atoms with Gasteiger partial charge in [-0.25, -0.2) is 0 Å². The van der Waals surface area contributed by atoms with Gasteiger partial charge >= 0.3 is 0 Å². The first-order chi connectivity index (χ1) is 11.7. The van der Waals surface area contributed by atoms with Crippen molar-refractivity contribution in [2.75, 3.05) is 7.11 Å². The minimum absolute atomic E-state index is 0.237. The van der Waals surface area contributed by atoms with E-state index in [0.717, 1.165) is 28.8 Å². The first-order valence-electron chi connectivity index (χ1n) is 7.64. The van der Waals surface area contributed by atoms with Crippen molar-refractivity contribution in [1.29, 1.82) is 0 Å². The summed E-state index contributed by atoms with van der Waals surface area (Å²) >= 11 is 0. The van der Waals surface area contributed by atoms with Gasteiger partial charge < -0.3 is 13.8 Å². The number of hydrogen-bond donors (Lipinski definition) is 1. The van der Waals surface area contributed by atoms with Crippen molar-refractivity contribution in [3.05, 3.63) is 76.7 Å². The van der Waals surface area contributed by atoms with Gasteiger partial charge in [0.1, 0.15) is 5.75 Å². The Labute approximate surface area is 138 Å². The average Bonchev–Trinajstić information content (AvgIpc) is 3.22. The van der Waals surface area contributed by atoms with Crippen LogP contribution < -0.4 is 10.3 Å². The summed E-state index contributed by atoms with van der Waals surface area (Å²) in [5, 5.41) is 3.47. The summed E-state index contributed by atoms with van der Waals surface area (Å²) in [6.07, 6.45) is 2.06. The van der Waals surface area contributed by atoms with E-state index in [1.165, 1.54) is 11.6 Å². The minimum Gasteiger partial charge on any atom is -0.497 e. The molecule has 0 radical (unpaired) electrons. The fourth-order valence-electron chi connectivity index (χ4n) is 2.83. The molecule has 2 aromatic heterocycles. The van der Waals surface area contributed by atoms with Crippen molar-refractivity contribution in [2.45, 2.75) is 6.54 Å². The van der Waals surface area contributed by atoms with Gasteiger partial charge in [0.05, 0.1) is 13.2 Å². The molecule has 0 aliphatic heterocycles.